The van der Waals surface area contributed by atoms with Crippen LogP contribution in [0.2, 0.25) is 0 Å². The van der Waals surface area contributed by atoms with Gasteiger partial charge in [-0.2, -0.15) is 0 Å². The van der Waals surface area contributed by atoms with Crippen molar-refractivity contribution in [1.29, 1.82) is 0 Å². The van der Waals surface area contributed by atoms with Gasteiger partial charge < -0.3 is 10.4 Å². The number of allylic oxidation sites excluding steroid dienone is 1. The predicted molar refractivity (Wildman–Crippen MR) is 72.8 cm³/mol. The quantitative estimate of drug-likeness (QED) is 0.758. The molecule has 0 fully saturated rings. The van der Waals surface area contributed by atoms with Crippen molar-refractivity contribution in [1.82, 2.24) is 5.32 Å². The van der Waals surface area contributed by atoms with Crippen LogP contribution in [0.4, 0.5) is 0 Å². The molecule has 90 valence electrons. The van der Waals surface area contributed by atoms with E-state index in [0.717, 1.165) is 14.9 Å². The molecule has 1 amide bonds. The third kappa shape index (κ3) is 1.78. The lowest BCUT2D eigenvalue weighted by molar-refractivity contribution is -0.119. The minimum absolute atomic E-state index is 0.0571. The fourth-order valence-electron chi connectivity index (χ4n) is 2.13. The van der Waals surface area contributed by atoms with Crippen LogP contribution in [-0.2, 0) is 4.79 Å². The Morgan fingerprint density at radius 3 is 2.94 bits per heavy atom. The van der Waals surface area contributed by atoms with Crippen molar-refractivity contribution in [2.75, 3.05) is 0 Å². The van der Waals surface area contributed by atoms with E-state index in [4.69, 9.17) is 0 Å². The van der Waals surface area contributed by atoms with Gasteiger partial charge in [-0.1, -0.05) is 34.1 Å². The highest BCUT2D eigenvalue weighted by atomic mass is 79.9. The van der Waals surface area contributed by atoms with Crippen LogP contribution in [0.1, 0.15) is 6.42 Å². The van der Waals surface area contributed by atoms with Gasteiger partial charge in [-0.25, -0.2) is 0 Å². The van der Waals surface area contributed by atoms with Gasteiger partial charge in [-0.05, 0) is 23.4 Å². The number of aliphatic hydroxyl groups is 1. The summed E-state index contributed by atoms with van der Waals surface area (Å²) in [6.07, 6.45) is 5.75. The van der Waals surface area contributed by atoms with Crippen LogP contribution >= 0.6 is 15.9 Å². The number of hydrogen-bond acceptors (Lipinski definition) is 2. The Morgan fingerprint density at radius 2 is 2.11 bits per heavy atom. The van der Waals surface area contributed by atoms with Crippen molar-refractivity contribution in [2.24, 2.45) is 0 Å². The number of hydrogen-bond donors (Lipinski definition) is 2. The topological polar surface area (TPSA) is 49.3 Å². The molecule has 0 unspecified atom stereocenters. The first kappa shape index (κ1) is 11.3. The van der Waals surface area contributed by atoms with Gasteiger partial charge in [-0.3, -0.25) is 4.79 Å². The van der Waals surface area contributed by atoms with E-state index in [2.05, 4.69) is 21.2 Å². The predicted octanol–water partition coefficient (Wildman–Crippen LogP) is 1.24. The standard InChI is InChI=1S/C14H10BrNO2/c15-9-3-1-8-2-5-12-10(4-6-13(17)16-12)14(18)11(8)7-9/h1-5,7,18H,6H2,(H,16,17). The Labute approximate surface area is 112 Å². The monoisotopic (exact) mass is 303 g/mol. The molecule has 3 nitrogen and oxygen atoms in total. The van der Waals surface area contributed by atoms with E-state index in [9.17, 15) is 9.90 Å². The number of fused-ring (bicyclic) bond motifs is 2. The summed E-state index contributed by atoms with van der Waals surface area (Å²) in [5.41, 5.74) is 1.33. The van der Waals surface area contributed by atoms with E-state index in [1.807, 2.05) is 30.4 Å². The van der Waals surface area contributed by atoms with E-state index in [-0.39, 0.29) is 11.7 Å². The summed E-state index contributed by atoms with van der Waals surface area (Å²) in [5, 5.41) is 14.8. The molecule has 1 aromatic rings. The molecule has 0 aromatic heterocycles. The highest BCUT2D eigenvalue weighted by molar-refractivity contribution is 9.10. The molecule has 0 radical (unpaired) electrons. The van der Waals surface area contributed by atoms with Gasteiger partial charge in [0.05, 0.1) is 5.70 Å². The second-order valence-corrected chi connectivity index (χ2v) is 5.11. The molecular weight excluding hydrogens is 294 g/mol. The maximum absolute atomic E-state index is 11.4. The Balaban J connectivity index is 2.35. The first-order chi connectivity index (χ1) is 8.65. The number of nitrogens with one attached hydrogen (secondary N) is 1. The van der Waals surface area contributed by atoms with Crippen LogP contribution < -0.4 is 15.8 Å². The van der Waals surface area contributed by atoms with Crippen molar-refractivity contribution in [3.8, 4) is 0 Å². The Kier molecular flexibility index (Phi) is 2.59. The summed E-state index contributed by atoms with van der Waals surface area (Å²) < 4.78 is 0.907. The van der Waals surface area contributed by atoms with Crippen molar-refractivity contribution in [3.63, 3.8) is 0 Å². The van der Waals surface area contributed by atoms with Gasteiger partial charge in [-0.15, -0.1) is 0 Å². The summed E-state index contributed by atoms with van der Waals surface area (Å²) in [5.74, 6) is 0.143. The molecule has 0 saturated carbocycles. The number of carbonyl (C=O) groups excluding carboxylic acids is 1. The molecule has 1 aliphatic heterocycles. The highest BCUT2D eigenvalue weighted by Gasteiger charge is 2.19. The van der Waals surface area contributed by atoms with Crippen molar-refractivity contribution < 1.29 is 9.90 Å². The van der Waals surface area contributed by atoms with E-state index < -0.39 is 0 Å². The highest BCUT2D eigenvalue weighted by Crippen LogP contribution is 2.21. The van der Waals surface area contributed by atoms with Gasteiger partial charge in [0.25, 0.3) is 0 Å². The maximum atomic E-state index is 11.4. The summed E-state index contributed by atoms with van der Waals surface area (Å²) in [4.78, 5) is 11.4. The Hall–Kier alpha value is -1.81. The molecule has 2 N–H and O–H groups in total. The molecular formula is C14H10BrNO2. The lowest BCUT2D eigenvalue weighted by Crippen LogP contribution is -2.29. The largest absolute Gasteiger partial charge is 0.507 e. The molecule has 1 aliphatic carbocycles. The number of carbonyl (C=O) groups is 1. The fraction of sp³-hybridized carbons (Fsp3) is 0.0714. The van der Waals surface area contributed by atoms with Crippen molar-refractivity contribution in [3.05, 3.63) is 56.5 Å². The normalized spacial score (nSPS) is 17.6. The van der Waals surface area contributed by atoms with Gasteiger partial charge >= 0.3 is 0 Å². The molecule has 0 atom stereocenters. The molecule has 1 heterocycles. The number of halogens is 1. The molecule has 1 aromatic carbocycles. The van der Waals surface area contributed by atoms with E-state index in [1.54, 1.807) is 6.08 Å². The zero-order valence-corrected chi connectivity index (χ0v) is 11.0. The lowest BCUT2D eigenvalue weighted by Gasteiger charge is -2.16. The second-order valence-electron chi connectivity index (χ2n) is 4.20. The van der Waals surface area contributed by atoms with Gasteiger partial charge in [0.2, 0.25) is 5.91 Å². The molecule has 0 saturated heterocycles. The van der Waals surface area contributed by atoms with Gasteiger partial charge in [0.15, 0.2) is 0 Å². The first-order valence-corrected chi connectivity index (χ1v) is 6.36. The fourth-order valence-corrected chi connectivity index (χ4v) is 2.49. The van der Waals surface area contributed by atoms with Gasteiger partial charge in [0, 0.05) is 21.7 Å². The third-order valence-electron chi connectivity index (χ3n) is 3.01. The van der Waals surface area contributed by atoms with Crippen LogP contribution in [0.3, 0.4) is 0 Å². The molecule has 0 spiro atoms. The minimum Gasteiger partial charge on any atom is -0.507 e. The molecule has 3 rings (SSSR count). The van der Waals surface area contributed by atoms with E-state index >= 15 is 0 Å². The summed E-state index contributed by atoms with van der Waals surface area (Å²) in [7, 11) is 0. The van der Waals surface area contributed by atoms with Crippen LogP contribution in [0.5, 0.6) is 0 Å². The maximum Gasteiger partial charge on any atom is 0.228 e. The number of rotatable bonds is 0. The molecule has 2 aliphatic rings. The van der Waals surface area contributed by atoms with Crippen molar-refractivity contribution in [2.45, 2.75) is 6.42 Å². The average molecular weight is 304 g/mol. The minimum atomic E-state index is -0.0571. The molecule has 4 heteroatoms. The van der Waals surface area contributed by atoms with Crippen LogP contribution in [0.25, 0.3) is 11.8 Å². The molecule has 18 heavy (non-hydrogen) atoms. The zero-order chi connectivity index (χ0) is 12.7. The van der Waals surface area contributed by atoms with Crippen molar-refractivity contribution >= 4 is 33.7 Å². The smallest absolute Gasteiger partial charge is 0.228 e. The van der Waals surface area contributed by atoms with E-state index in [0.29, 0.717) is 17.7 Å². The summed E-state index contributed by atoms with van der Waals surface area (Å²) in [6, 6.07) is 5.71. The summed E-state index contributed by atoms with van der Waals surface area (Å²) in [6.45, 7) is 0. The third-order valence-corrected chi connectivity index (χ3v) is 3.50. The van der Waals surface area contributed by atoms with Crippen LogP contribution in [0, 0.1) is 0 Å². The Bertz CT molecular complexity index is 729. The average Bonchev–Trinajstić information content (AvgIpc) is 2.48. The van der Waals surface area contributed by atoms with E-state index in [1.165, 1.54) is 0 Å². The number of amides is 1. The second kappa shape index (κ2) is 4.14. The first-order valence-electron chi connectivity index (χ1n) is 5.57. The van der Waals surface area contributed by atoms with Crippen LogP contribution in [-0.4, -0.2) is 11.0 Å². The Morgan fingerprint density at radius 1 is 1.28 bits per heavy atom. The number of benzene rings is 1. The van der Waals surface area contributed by atoms with Gasteiger partial charge in [0.1, 0.15) is 5.76 Å². The molecule has 0 bridgehead atoms. The lowest BCUT2D eigenvalue weighted by atomic mass is 10.0. The number of aliphatic hydroxyl groups excluding tert-OH is 1. The summed E-state index contributed by atoms with van der Waals surface area (Å²) >= 11 is 3.40. The zero-order valence-electron chi connectivity index (χ0n) is 9.40. The van der Waals surface area contributed by atoms with Crippen LogP contribution in [0.15, 0.2) is 46.1 Å². The SMILES string of the molecule is O=C1CC=C2C(=CC=c3ccc(Br)cc3=C2O)N1.